The van der Waals surface area contributed by atoms with Gasteiger partial charge in [-0.1, -0.05) is 54.6 Å². The third-order valence-corrected chi connectivity index (χ3v) is 5.01. The molecular weight excluding hydrogens is 358 g/mol. The molecule has 0 saturated carbocycles. The number of benzene rings is 3. The molecule has 0 fully saturated rings. The van der Waals surface area contributed by atoms with E-state index in [0.717, 1.165) is 22.3 Å². The average molecular weight is 387 g/mol. The maximum absolute atomic E-state index is 13.6. The van der Waals surface area contributed by atoms with Crippen LogP contribution < -0.4 is 4.74 Å². The summed E-state index contributed by atoms with van der Waals surface area (Å²) in [4.78, 5) is 15.5. The van der Waals surface area contributed by atoms with Gasteiger partial charge < -0.3 is 9.64 Å². The number of amides is 1. The van der Waals surface area contributed by atoms with Gasteiger partial charge in [-0.25, -0.2) is 0 Å². The average Bonchev–Trinajstić information content (AvgIpc) is 2.73. The van der Waals surface area contributed by atoms with Gasteiger partial charge in [0.05, 0.1) is 12.7 Å². The van der Waals surface area contributed by atoms with Crippen LogP contribution in [0.15, 0.2) is 66.7 Å². The molecule has 0 N–H and O–H groups in total. The Kier molecular flexibility index (Phi) is 6.38. The summed E-state index contributed by atoms with van der Waals surface area (Å²) >= 11 is 0. The third kappa shape index (κ3) is 4.34. The van der Waals surface area contributed by atoms with Gasteiger partial charge in [-0.3, -0.25) is 4.79 Å². The van der Waals surface area contributed by atoms with Crippen molar-refractivity contribution in [3.8, 4) is 28.0 Å². The Bertz CT molecular complexity index is 969. The quantitative estimate of drug-likeness (QED) is 0.513. The number of hydrogen-bond donors (Lipinski definition) is 0. The summed E-state index contributed by atoms with van der Waals surface area (Å²) in [5.41, 5.74) is 4.51. The predicted octanol–water partition coefficient (Wildman–Crippen LogP) is 6.09. The van der Waals surface area contributed by atoms with Crippen molar-refractivity contribution in [2.45, 2.75) is 39.8 Å². The topological polar surface area (TPSA) is 29.5 Å². The van der Waals surface area contributed by atoms with Crippen molar-refractivity contribution in [3.05, 3.63) is 78.4 Å². The van der Waals surface area contributed by atoms with Gasteiger partial charge in [0.15, 0.2) is 0 Å². The van der Waals surface area contributed by atoms with Gasteiger partial charge in [0, 0.05) is 12.1 Å². The molecule has 3 heteroatoms. The minimum Gasteiger partial charge on any atom is -0.496 e. The van der Waals surface area contributed by atoms with Crippen LogP contribution in [0.4, 0.5) is 0 Å². The Hall–Kier alpha value is -3.07. The highest BCUT2D eigenvalue weighted by molar-refractivity contribution is 6.04. The van der Waals surface area contributed by atoms with Gasteiger partial charge in [-0.15, -0.1) is 0 Å². The molecule has 149 valence electrons. The van der Waals surface area contributed by atoms with Gasteiger partial charge in [0.2, 0.25) is 0 Å². The number of methoxy groups -OCH3 is 1. The number of nitrogens with zero attached hydrogens (tertiary/aromatic N) is 1. The van der Waals surface area contributed by atoms with E-state index in [0.29, 0.717) is 11.3 Å². The van der Waals surface area contributed by atoms with Crippen LogP contribution in [0.25, 0.3) is 22.3 Å². The maximum atomic E-state index is 13.6. The lowest BCUT2D eigenvalue weighted by atomic mass is 9.94. The van der Waals surface area contributed by atoms with E-state index in [-0.39, 0.29) is 18.0 Å². The fourth-order valence-electron chi connectivity index (χ4n) is 3.77. The highest BCUT2D eigenvalue weighted by Crippen LogP contribution is 2.34. The first kappa shape index (κ1) is 20.7. The molecule has 3 aromatic rings. The summed E-state index contributed by atoms with van der Waals surface area (Å²) in [7, 11) is 1.61. The molecule has 0 heterocycles. The van der Waals surface area contributed by atoms with Crippen molar-refractivity contribution in [3.63, 3.8) is 0 Å². The first-order valence-corrected chi connectivity index (χ1v) is 10.0. The second-order valence-electron chi connectivity index (χ2n) is 7.64. The van der Waals surface area contributed by atoms with Gasteiger partial charge in [0.25, 0.3) is 5.91 Å². The van der Waals surface area contributed by atoms with Gasteiger partial charge in [-0.05, 0) is 68.1 Å². The zero-order valence-electron chi connectivity index (χ0n) is 17.8. The molecule has 0 spiro atoms. The van der Waals surface area contributed by atoms with Crippen molar-refractivity contribution in [2.75, 3.05) is 7.11 Å². The van der Waals surface area contributed by atoms with Crippen LogP contribution in [0.5, 0.6) is 5.75 Å². The van der Waals surface area contributed by atoms with E-state index in [1.165, 1.54) is 0 Å². The Labute approximate surface area is 174 Å². The highest BCUT2D eigenvalue weighted by Gasteiger charge is 2.27. The van der Waals surface area contributed by atoms with Crippen LogP contribution in [-0.4, -0.2) is 30.0 Å². The smallest absolute Gasteiger partial charge is 0.258 e. The summed E-state index contributed by atoms with van der Waals surface area (Å²) in [6, 6.07) is 25.4. The molecule has 3 aromatic carbocycles. The van der Waals surface area contributed by atoms with Crippen molar-refractivity contribution >= 4 is 5.91 Å². The molecule has 0 aliphatic carbocycles. The standard InChI is InChI=1S/C26H28NO2/c1-18(2)27(19(3)4)26(28)25-23(15-10-16-24(25)29-5)22-14-9-13-21(17-22)20-11-7-6-8-12-20/h6-13,15-19H,1-5H3. The largest absolute Gasteiger partial charge is 0.496 e. The lowest BCUT2D eigenvalue weighted by Gasteiger charge is -2.32. The predicted molar refractivity (Wildman–Crippen MR) is 119 cm³/mol. The van der Waals surface area contributed by atoms with Crippen molar-refractivity contribution < 1.29 is 9.53 Å². The van der Waals surface area contributed by atoms with Crippen LogP contribution in [-0.2, 0) is 0 Å². The van der Waals surface area contributed by atoms with E-state index in [1.54, 1.807) is 7.11 Å². The first-order chi connectivity index (χ1) is 13.9. The Morgan fingerprint density at radius 1 is 0.897 bits per heavy atom. The monoisotopic (exact) mass is 386 g/mol. The molecular formula is C26H28NO2. The van der Waals surface area contributed by atoms with E-state index < -0.39 is 0 Å². The summed E-state index contributed by atoms with van der Waals surface area (Å²) in [6.07, 6.45) is 0. The summed E-state index contributed by atoms with van der Waals surface area (Å²) in [5.74, 6) is 0.554. The van der Waals surface area contributed by atoms with E-state index in [2.05, 4.69) is 24.3 Å². The van der Waals surface area contributed by atoms with E-state index >= 15 is 0 Å². The zero-order valence-corrected chi connectivity index (χ0v) is 17.8. The van der Waals surface area contributed by atoms with Crippen LogP contribution in [0.2, 0.25) is 0 Å². The molecule has 0 atom stereocenters. The fraction of sp³-hybridized carbons (Fsp3) is 0.269. The van der Waals surface area contributed by atoms with Crippen LogP contribution >= 0.6 is 0 Å². The van der Waals surface area contributed by atoms with Crippen LogP contribution in [0.1, 0.15) is 38.1 Å². The van der Waals surface area contributed by atoms with Gasteiger partial charge >= 0.3 is 0 Å². The minimum atomic E-state index is -0.0269. The lowest BCUT2D eigenvalue weighted by Crippen LogP contribution is -2.42. The molecule has 1 radical (unpaired) electrons. The number of carbonyl (C=O) groups excluding carboxylic acids is 1. The Morgan fingerprint density at radius 2 is 1.59 bits per heavy atom. The maximum Gasteiger partial charge on any atom is 0.258 e. The molecule has 0 aromatic heterocycles. The molecule has 29 heavy (non-hydrogen) atoms. The molecule has 3 nitrogen and oxygen atoms in total. The van der Waals surface area contributed by atoms with Crippen molar-refractivity contribution in [1.29, 1.82) is 0 Å². The van der Waals surface area contributed by atoms with E-state index in [9.17, 15) is 4.79 Å². The van der Waals surface area contributed by atoms with Crippen molar-refractivity contribution in [2.24, 2.45) is 0 Å². The van der Waals surface area contributed by atoms with Crippen LogP contribution in [0, 0.1) is 6.07 Å². The van der Waals surface area contributed by atoms with Gasteiger partial charge in [0.1, 0.15) is 5.75 Å². The van der Waals surface area contributed by atoms with E-state index in [4.69, 9.17) is 4.74 Å². The second-order valence-corrected chi connectivity index (χ2v) is 7.64. The summed E-state index contributed by atoms with van der Waals surface area (Å²) in [6.45, 7) is 8.15. The Morgan fingerprint density at radius 3 is 2.21 bits per heavy atom. The van der Waals surface area contributed by atoms with Gasteiger partial charge in [-0.2, -0.15) is 0 Å². The fourth-order valence-corrected chi connectivity index (χ4v) is 3.77. The number of ether oxygens (including phenoxy) is 1. The number of carbonyl (C=O) groups is 1. The summed E-state index contributed by atoms with van der Waals surface area (Å²) < 4.78 is 5.59. The number of hydrogen-bond acceptors (Lipinski definition) is 2. The molecule has 0 aliphatic rings. The second kappa shape index (κ2) is 8.95. The molecule has 0 aliphatic heterocycles. The first-order valence-electron chi connectivity index (χ1n) is 10.0. The minimum absolute atomic E-state index is 0.0269. The van der Waals surface area contributed by atoms with Crippen molar-refractivity contribution in [1.82, 2.24) is 4.90 Å². The molecule has 1 amide bonds. The molecule has 0 bridgehead atoms. The van der Waals surface area contributed by atoms with Crippen LogP contribution in [0.3, 0.4) is 0 Å². The highest BCUT2D eigenvalue weighted by atomic mass is 16.5. The SMILES string of the molecule is COc1cccc(-c2[c]ccc(-c3ccccc3)c2)c1C(=O)N(C(C)C)C(C)C. The molecule has 3 rings (SSSR count). The lowest BCUT2D eigenvalue weighted by molar-refractivity contribution is 0.0641. The summed E-state index contributed by atoms with van der Waals surface area (Å²) in [5, 5.41) is 0. The zero-order chi connectivity index (χ0) is 21.0. The number of rotatable bonds is 6. The third-order valence-electron chi connectivity index (χ3n) is 5.01. The molecule has 0 unspecified atom stereocenters. The van der Waals surface area contributed by atoms with E-state index in [1.807, 2.05) is 81.1 Å². The Balaban J connectivity index is 2.16. The molecule has 0 saturated heterocycles. The normalized spacial score (nSPS) is 11.0.